The van der Waals surface area contributed by atoms with E-state index < -0.39 is 0 Å². The first-order valence-electron chi connectivity index (χ1n) is 9.21. The van der Waals surface area contributed by atoms with Crippen LogP contribution in [0.25, 0.3) is 22.1 Å². The Balaban J connectivity index is 1.47. The Hall–Kier alpha value is -3.22. The Morgan fingerprint density at radius 2 is 1.96 bits per heavy atom. The first-order chi connectivity index (χ1) is 13.4. The molecule has 28 heavy (non-hydrogen) atoms. The minimum Gasteiger partial charge on any atom is -0.440 e. The number of imidazole rings is 1. The van der Waals surface area contributed by atoms with Crippen LogP contribution in [0.4, 0.5) is 4.39 Å². The number of carbonyl (C=O) groups is 1. The van der Waals surface area contributed by atoms with Crippen molar-refractivity contribution in [2.24, 2.45) is 0 Å². The van der Waals surface area contributed by atoms with Crippen molar-refractivity contribution in [2.75, 3.05) is 13.6 Å². The molecule has 0 atom stereocenters. The molecule has 0 unspecified atom stereocenters. The molecule has 2 heterocycles. The van der Waals surface area contributed by atoms with Crippen molar-refractivity contribution in [2.45, 2.75) is 26.2 Å². The zero-order chi connectivity index (χ0) is 19.8. The molecule has 0 spiro atoms. The lowest BCUT2D eigenvalue weighted by Crippen LogP contribution is -2.29. The van der Waals surface area contributed by atoms with Gasteiger partial charge < -0.3 is 14.3 Å². The van der Waals surface area contributed by atoms with E-state index in [0.29, 0.717) is 46.9 Å². The summed E-state index contributed by atoms with van der Waals surface area (Å²) in [4.78, 5) is 26.3. The topological polar surface area (TPSA) is 75.0 Å². The third-order valence-corrected chi connectivity index (χ3v) is 4.67. The van der Waals surface area contributed by atoms with Crippen LogP contribution in [0.1, 0.15) is 41.8 Å². The number of oxazole rings is 1. The molecule has 0 saturated carbocycles. The quantitative estimate of drug-likeness (QED) is 0.561. The predicted octanol–water partition coefficient (Wildman–Crippen LogP) is 4.28. The Kier molecular flexibility index (Phi) is 4.58. The molecular weight excluding hydrogens is 359 g/mol. The Labute approximate surface area is 161 Å². The molecule has 2 aromatic carbocycles. The number of likely N-dealkylation sites (N-methyl/N-ethyl adjacent to an activating group) is 1. The summed E-state index contributed by atoms with van der Waals surface area (Å²) in [5.74, 6) is 1.15. The van der Waals surface area contributed by atoms with Crippen molar-refractivity contribution in [3.05, 3.63) is 59.5 Å². The van der Waals surface area contributed by atoms with Crippen molar-refractivity contribution in [3.63, 3.8) is 0 Å². The zero-order valence-corrected chi connectivity index (χ0v) is 16.0. The number of H-pyrrole nitrogens is 1. The lowest BCUT2D eigenvalue weighted by molar-refractivity contribution is 0.0796. The van der Waals surface area contributed by atoms with Gasteiger partial charge in [-0.3, -0.25) is 4.79 Å². The van der Waals surface area contributed by atoms with Gasteiger partial charge in [0.15, 0.2) is 11.5 Å². The Morgan fingerprint density at radius 1 is 1.18 bits per heavy atom. The maximum absolute atomic E-state index is 13.3. The number of nitrogens with zero attached hydrogens (tertiary/aromatic N) is 3. The molecule has 0 aliphatic rings. The molecule has 0 fully saturated rings. The number of carbonyl (C=O) groups excluding carboxylic acids is 1. The van der Waals surface area contributed by atoms with Gasteiger partial charge in [0.2, 0.25) is 0 Å². The molecule has 1 N–H and O–H groups in total. The number of amides is 1. The van der Waals surface area contributed by atoms with E-state index in [0.717, 1.165) is 5.52 Å². The number of aromatic amines is 1. The summed E-state index contributed by atoms with van der Waals surface area (Å²) in [6.07, 6.45) is 0.542. The molecule has 4 rings (SSSR count). The third kappa shape index (κ3) is 3.47. The SMILES string of the molecule is CC(C)c1nc2ccc(C(=O)N(C)CCc3nc4ccc(F)cc4[nH]3)cc2o1. The number of nitrogens with one attached hydrogen (secondary N) is 1. The Morgan fingerprint density at radius 3 is 2.75 bits per heavy atom. The molecule has 1 amide bonds. The van der Waals surface area contributed by atoms with Gasteiger partial charge in [0.25, 0.3) is 5.91 Å². The number of aromatic nitrogens is 3. The van der Waals surface area contributed by atoms with Crippen LogP contribution < -0.4 is 0 Å². The van der Waals surface area contributed by atoms with Crippen LogP contribution in [0.2, 0.25) is 0 Å². The van der Waals surface area contributed by atoms with Gasteiger partial charge in [0, 0.05) is 31.5 Å². The van der Waals surface area contributed by atoms with Gasteiger partial charge in [-0.25, -0.2) is 14.4 Å². The van der Waals surface area contributed by atoms with Gasteiger partial charge in [0.05, 0.1) is 11.0 Å². The number of benzene rings is 2. The fraction of sp³-hybridized carbons (Fsp3) is 0.286. The van der Waals surface area contributed by atoms with E-state index in [9.17, 15) is 9.18 Å². The van der Waals surface area contributed by atoms with Crippen LogP contribution in [0.15, 0.2) is 40.8 Å². The minimum absolute atomic E-state index is 0.105. The normalized spacial score (nSPS) is 11.6. The van der Waals surface area contributed by atoms with Crippen molar-refractivity contribution >= 4 is 28.0 Å². The van der Waals surface area contributed by atoms with Crippen LogP contribution in [0.3, 0.4) is 0 Å². The third-order valence-electron chi connectivity index (χ3n) is 4.67. The molecule has 6 nitrogen and oxygen atoms in total. The highest BCUT2D eigenvalue weighted by Crippen LogP contribution is 2.22. The molecule has 2 aromatic heterocycles. The van der Waals surface area contributed by atoms with Gasteiger partial charge in [0.1, 0.15) is 17.2 Å². The van der Waals surface area contributed by atoms with Crippen LogP contribution in [0.5, 0.6) is 0 Å². The highest BCUT2D eigenvalue weighted by molar-refractivity contribution is 5.96. The highest BCUT2D eigenvalue weighted by atomic mass is 19.1. The molecule has 4 aromatic rings. The average molecular weight is 380 g/mol. The monoisotopic (exact) mass is 380 g/mol. The van der Waals surface area contributed by atoms with Gasteiger partial charge in [-0.05, 0) is 36.4 Å². The van der Waals surface area contributed by atoms with E-state index in [1.54, 1.807) is 36.2 Å². The van der Waals surface area contributed by atoms with Crippen LogP contribution in [-0.2, 0) is 6.42 Å². The van der Waals surface area contributed by atoms with Crippen molar-refractivity contribution in [3.8, 4) is 0 Å². The zero-order valence-electron chi connectivity index (χ0n) is 16.0. The van der Waals surface area contributed by atoms with Crippen molar-refractivity contribution in [1.29, 1.82) is 0 Å². The molecular formula is C21H21FN4O2. The minimum atomic E-state index is -0.307. The molecule has 0 aliphatic carbocycles. The summed E-state index contributed by atoms with van der Waals surface area (Å²) in [5, 5.41) is 0. The number of halogens is 1. The van der Waals surface area contributed by atoms with E-state index in [-0.39, 0.29) is 17.6 Å². The lowest BCUT2D eigenvalue weighted by Gasteiger charge is -2.16. The lowest BCUT2D eigenvalue weighted by atomic mass is 10.2. The van der Waals surface area contributed by atoms with Gasteiger partial charge >= 0.3 is 0 Å². The molecule has 0 saturated heterocycles. The average Bonchev–Trinajstić information content (AvgIpc) is 3.28. The van der Waals surface area contributed by atoms with Gasteiger partial charge in [-0.15, -0.1) is 0 Å². The molecule has 0 bridgehead atoms. The number of rotatable bonds is 5. The fourth-order valence-corrected chi connectivity index (χ4v) is 3.07. The summed E-state index contributed by atoms with van der Waals surface area (Å²) in [5.41, 5.74) is 3.27. The summed E-state index contributed by atoms with van der Waals surface area (Å²) >= 11 is 0. The van der Waals surface area contributed by atoms with Gasteiger partial charge in [-0.1, -0.05) is 13.8 Å². The largest absolute Gasteiger partial charge is 0.440 e. The Bertz CT molecular complexity index is 1160. The second-order valence-electron chi connectivity index (χ2n) is 7.21. The van der Waals surface area contributed by atoms with E-state index >= 15 is 0 Å². The van der Waals surface area contributed by atoms with Crippen LogP contribution >= 0.6 is 0 Å². The second-order valence-corrected chi connectivity index (χ2v) is 7.21. The van der Waals surface area contributed by atoms with Crippen molar-refractivity contribution < 1.29 is 13.6 Å². The standard InChI is InChI=1S/C21H21FN4O2/c1-12(2)20-25-16-6-4-13(10-18(16)28-20)21(27)26(3)9-8-19-23-15-7-5-14(22)11-17(15)24-19/h4-7,10-12H,8-9H2,1-3H3,(H,23,24). The fourth-order valence-electron chi connectivity index (χ4n) is 3.07. The molecule has 0 radical (unpaired) electrons. The number of hydrogen-bond donors (Lipinski definition) is 1. The van der Waals surface area contributed by atoms with Gasteiger partial charge in [-0.2, -0.15) is 0 Å². The van der Waals surface area contributed by atoms with E-state index in [1.165, 1.54) is 12.1 Å². The maximum atomic E-state index is 13.3. The number of fused-ring (bicyclic) bond motifs is 2. The van der Waals surface area contributed by atoms with Crippen LogP contribution in [-0.4, -0.2) is 39.4 Å². The number of hydrogen-bond acceptors (Lipinski definition) is 4. The first kappa shape index (κ1) is 18.2. The molecule has 7 heteroatoms. The maximum Gasteiger partial charge on any atom is 0.253 e. The van der Waals surface area contributed by atoms with E-state index in [2.05, 4.69) is 15.0 Å². The summed E-state index contributed by atoms with van der Waals surface area (Å²) in [7, 11) is 1.74. The summed E-state index contributed by atoms with van der Waals surface area (Å²) < 4.78 is 19.0. The summed E-state index contributed by atoms with van der Waals surface area (Å²) in [6.45, 7) is 4.50. The molecule has 0 aliphatic heterocycles. The highest BCUT2D eigenvalue weighted by Gasteiger charge is 2.16. The van der Waals surface area contributed by atoms with E-state index in [1.807, 2.05) is 13.8 Å². The predicted molar refractivity (Wildman–Crippen MR) is 105 cm³/mol. The smallest absolute Gasteiger partial charge is 0.253 e. The van der Waals surface area contributed by atoms with Crippen molar-refractivity contribution in [1.82, 2.24) is 19.9 Å². The first-order valence-corrected chi connectivity index (χ1v) is 9.21. The van der Waals surface area contributed by atoms with E-state index in [4.69, 9.17) is 4.42 Å². The molecule has 144 valence electrons. The summed E-state index contributed by atoms with van der Waals surface area (Å²) in [6, 6.07) is 9.73. The second kappa shape index (κ2) is 7.07. The van der Waals surface area contributed by atoms with Crippen LogP contribution in [0, 0.1) is 5.82 Å².